The molecule has 0 aromatic heterocycles. The number of carbonyl (C=O) groups is 1. The van der Waals surface area contributed by atoms with Crippen molar-refractivity contribution in [3.63, 3.8) is 0 Å². The highest BCUT2D eigenvalue weighted by Gasteiger charge is 2.35. The lowest BCUT2D eigenvalue weighted by Gasteiger charge is -2.37. The van der Waals surface area contributed by atoms with Crippen molar-refractivity contribution in [1.82, 2.24) is 9.80 Å². The molecule has 1 saturated heterocycles. The van der Waals surface area contributed by atoms with Crippen molar-refractivity contribution >= 4 is 11.7 Å². The number of carbonyl (C=O) groups excluding carboxylic acids is 1. The van der Waals surface area contributed by atoms with E-state index in [1.807, 2.05) is 18.2 Å². The Hall–Kier alpha value is -3.12. The van der Waals surface area contributed by atoms with Gasteiger partial charge in [0.1, 0.15) is 5.82 Å². The van der Waals surface area contributed by atoms with Crippen molar-refractivity contribution < 1.29 is 22.4 Å². The van der Waals surface area contributed by atoms with Gasteiger partial charge in [0.25, 0.3) is 0 Å². The Morgan fingerprint density at radius 3 is 2.49 bits per heavy atom. The number of nitrogens with zero attached hydrogens (tertiary/aromatic N) is 3. The zero-order valence-electron chi connectivity index (χ0n) is 20.7. The average molecular weight is 517 g/mol. The second kappa shape index (κ2) is 12.0. The molecule has 1 heterocycles. The van der Waals surface area contributed by atoms with Gasteiger partial charge in [-0.2, -0.15) is 18.4 Å². The quantitative estimate of drug-likeness (QED) is 0.414. The van der Waals surface area contributed by atoms with Crippen LogP contribution in [0, 0.1) is 17.1 Å². The molecule has 37 heavy (non-hydrogen) atoms. The fourth-order valence-corrected chi connectivity index (χ4v) is 5.52. The molecule has 0 unspecified atom stereocenters. The molecule has 1 aliphatic heterocycles. The molecule has 198 valence electrons. The average Bonchev–Trinajstić information content (AvgIpc) is 3.41. The summed E-state index contributed by atoms with van der Waals surface area (Å²) in [6.45, 7) is 3.47. The Morgan fingerprint density at radius 2 is 1.81 bits per heavy atom. The van der Waals surface area contributed by atoms with Crippen LogP contribution in [-0.4, -0.2) is 48.1 Å². The minimum absolute atomic E-state index is 0.0449. The van der Waals surface area contributed by atoms with Gasteiger partial charge in [-0.3, -0.25) is 0 Å². The van der Waals surface area contributed by atoms with E-state index in [1.165, 1.54) is 12.8 Å². The summed E-state index contributed by atoms with van der Waals surface area (Å²) in [5.41, 5.74) is 0.268. The minimum Gasteiger partial charge on any atom is -0.322 e. The van der Waals surface area contributed by atoms with Crippen LogP contribution in [0.15, 0.2) is 42.5 Å². The third kappa shape index (κ3) is 7.01. The van der Waals surface area contributed by atoms with E-state index in [0.717, 1.165) is 69.4 Å². The van der Waals surface area contributed by atoms with Crippen molar-refractivity contribution in [1.29, 1.82) is 5.26 Å². The van der Waals surface area contributed by atoms with Crippen LogP contribution in [0.1, 0.15) is 67.6 Å². The number of amides is 2. The van der Waals surface area contributed by atoms with Gasteiger partial charge in [0.05, 0.1) is 17.2 Å². The number of benzene rings is 2. The number of nitriles is 1. The molecule has 1 aliphatic carbocycles. The fourth-order valence-electron chi connectivity index (χ4n) is 5.52. The molecule has 1 saturated carbocycles. The maximum atomic E-state index is 13.7. The van der Waals surface area contributed by atoms with Gasteiger partial charge in [-0.1, -0.05) is 12.1 Å². The topological polar surface area (TPSA) is 59.4 Å². The number of hydrogen-bond acceptors (Lipinski definition) is 3. The summed E-state index contributed by atoms with van der Waals surface area (Å²) in [5, 5.41) is 11.8. The lowest BCUT2D eigenvalue weighted by molar-refractivity contribution is -0.139. The second-order valence-corrected chi connectivity index (χ2v) is 9.96. The van der Waals surface area contributed by atoms with Crippen LogP contribution >= 0.6 is 0 Å². The molecule has 2 aliphatic rings. The number of likely N-dealkylation sites (tertiary alicyclic amines) is 1. The van der Waals surface area contributed by atoms with E-state index in [1.54, 1.807) is 11.0 Å². The number of hydrogen-bond donors (Lipinski definition) is 1. The molecule has 2 fully saturated rings. The van der Waals surface area contributed by atoms with Gasteiger partial charge in [-0.25, -0.2) is 9.18 Å². The van der Waals surface area contributed by atoms with Crippen LogP contribution in [0.2, 0.25) is 0 Å². The van der Waals surface area contributed by atoms with Gasteiger partial charge >= 0.3 is 12.2 Å². The van der Waals surface area contributed by atoms with Gasteiger partial charge < -0.3 is 15.1 Å². The molecule has 9 heteroatoms. The van der Waals surface area contributed by atoms with Crippen molar-refractivity contribution in [3.8, 4) is 6.07 Å². The maximum absolute atomic E-state index is 13.7. The van der Waals surface area contributed by atoms with Gasteiger partial charge in [0.15, 0.2) is 0 Å². The first-order chi connectivity index (χ1) is 17.7. The third-order valence-electron chi connectivity index (χ3n) is 7.48. The lowest BCUT2D eigenvalue weighted by atomic mass is 9.81. The van der Waals surface area contributed by atoms with Crippen LogP contribution in [0.3, 0.4) is 0 Å². The van der Waals surface area contributed by atoms with Crippen molar-refractivity contribution in [2.24, 2.45) is 0 Å². The summed E-state index contributed by atoms with van der Waals surface area (Å²) in [6, 6.07) is 11.8. The standard InChI is InChI=1S/C28H32F4N4O/c29-26-12-9-23(18-25(26)28(30,31)32)34-27(37)36(16-4-15-35-13-1-2-14-35)24-10-7-21(8-11-24)22-6-3-5-20(17-22)19-33/h3,5-6,9,12,17-18,21,24H,1-2,4,7-8,10-11,13-16H2,(H,34,37). The van der Waals surface area contributed by atoms with Crippen molar-refractivity contribution in [3.05, 3.63) is 65.0 Å². The largest absolute Gasteiger partial charge is 0.419 e. The highest BCUT2D eigenvalue weighted by atomic mass is 19.4. The normalized spacial score (nSPS) is 20.4. The molecule has 2 aromatic carbocycles. The summed E-state index contributed by atoms with van der Waals surface area (Å²) in [5.74, 6) is -1.07. The predicted molar refractivity (Wildman–Crippen MR) is 134 cm³/mol. The molecule has 0 bridgehead atoms. The van der Waals surface area contributed by atoms with Crippen molar-refractivity contribution in [2.75, 3.05) is 31.5 Å². The number of alkyl halides is 3. The van der Waals surface area contributed by atoms with E-state index in [4.69, 9.17) is 0 Å². The molecular weight excluding hydrogens is 484 g/mol. The number of nitrogens with one attached hydrogen (secondary N) is 1. The molecular formula is C28H32F4N4O. The Morgan fingerprint density at radius 1 is 1.08 bits per heavy atom. The first-order valence-corrected chi connectivity index (χ1v) is 12.9. The van der Waals surface area contributed by atoms with E-state index in [2.05, 4.69) is 16.3 Å². The Bertz CT molecular complexity index is 1120. The summed E-state index contributed by atoms with van der Waals surface area (Å²) >= 11 is 0. The monoisotopic (exact) mass is 516 g/mol. The van der Waals surface area contributed by atoms with Gasteiger partial charge in [-0.15, -0.1) is 0 Å². The number of halogens is 4. The van der Waals surface area contributed by atoms with Crippen LogP contribution in [-0.2, 0) is 6.18 Å². The van der Waals surface area contributed by atoms with Gasteiger partial charge in [0, 0.05) is 18.3 Å². The Labute approximate surface area is 215 Å². The number of anilines is 1. The summed E-state index contributed by atoms with van der Waals surface area (Å²) in [6.07, 6.45) is 1.50. The van der Waals surface area contributed by atoms with Crippen molar-refractivity contribution in [2.45, 2.75) is 63.1 Å². The Kier molecular flexibility index (Phi) is 8.70. The molecule has 2 aromatic rings. The third-order valence-corrected chi connectivity index (χ3v) is 7.48. The first-order valence-electron chi connectivity index (χ1n) is 12.9. The highest BCUT2D eigenvalue weighted by Crippen LogP contribution is 2.36. The van der Waals surface area contributed by atoms with Gasteiger partial charge in [-0.05, 0) is 106 Å². The number of rotatable bonds is 7. The van der Waals surface area contributed by atoms with E-state index in [9.17, 15) is 27.6 Å². The number of urea groups is 1. The zero-order valence-corrected chi connectivity index (χ0v) is 20.7. The molecule has 0 radical (unpaired) electrons. The summed E-state index contributed by atoms with van der Waals surface area (Å²) in [7, 11) is 0. The molecule has 1 N–H and O–H groups in total. The highest BCUT2D eigenvalue weighted by molar-refractivity contribution is 5.89. The minimum atomic E-state index is -4.85. The predicted octanol–water partition coefficient (Wildman–Crippen LogP) is 6.76. The molecule has 2 amide bonds. The van der Waals surface area contributed by atoms with Crippen LogP contribution in [0.25, 0.3) is 0 Å². The molecule has 0 atom stereocenters. The summed E-state index contributed by atoms with van der Waals surface area (Å²) in [4.78, 5) is 17.4. The van der Waals surface area contributed by atoms with Crippen LogP contribution < -0.4 is 5.32 Å². The molecule has 5 nitrogen and oxygen atoms in total. The smallest absolute Gasteiger partial charge is 0.322 e. The van der Waals surface area contributed by atoms with E-state index >= 15 is 0 Å². The van der Waals surface area contributed by atoms with Crippen LogP contribution in [0.4, 0.5) is 28.0 Å². The SMILES string of the molecule is N#Cc1cccc(C2CCC(N(CCCN3CCCC3)C(=O)Nc3ccc(F)c(C(F)(F)F)c3)CC2)c1. The van der Waals surface area contributed by atoms with E-state index in [-0.39, 0.29) is 11.7 Å². The van der Waals surface area contributed by atoms with E-state index in [0.29, 0.717) is 24.1 Å². The maximum Gasteiger partial charge on any atom is 0.419 e. The Balaban J connectivity index is 1.44. The van der Waals surface area contributed by atoms with Gasteiger partial charge in [0.2, 0.25) is 0 Å². The van der Waals surface area contributed by atoms with Crippen LogP contribution in [0.5, 0.6) is 0 Å². The summed E-state index contributed by atoms with van der Waals surface area (Å²) < 4.78 is 53.2. The molecule has 4 rings (SSSR count). The van der Waals surface area contributed by atoms with E-state index < -0.39 is 23.6 Å². The first kappa shape index (κ1) is 26.9. The lowest BCUT2D eigenvalue weighted by Crippen LogP contribution is -2.45. The fraction of sp³-hybridized carbons (Fsp3) is 0.500. The zero-order chi connectivity index (χ0) is 26.4. The second-order valence-electron chi connectivity index (χ2n) is 9.96. The molecule has 0 spiro atoms.